The average Bonchev–Trinajstić information content (AvgIpc) is 3.39. The second kappa shape index (κ2) is 13.2. The van der Waals surface area contributed by atoms with Gasteiger partial charge in [-0.2, -0.15) is 0 Å². The molecule has 50 heavy (non-hydrogen) atoms. The van der Waals surface area contributed by atoms with Crippen LogP contribution < -0.4 is 10.1 Å². The number of carboxylic acid groups (broad SMARTS) is 1. The number of piperidine rings is 1. The highest BCUT2D eigenvalue weighted by Crippen LogP contribution is 2.45. The summed E-state index contributed by atoms with van der Waals surface area (Å²) in [4.78, 5) is 46.1. The Labute approximate surface area is 291 Å². The first-order chi connectivity index (χ1) is 23.6. The number of nitrogens with one attached hydrogen (secondary N) is 1. The predicted octanol–water partition coefficient (Wildman–Crippen LogP) is 6.53. The molecule has 0 unspecified atom stereocenters. The van der Waals surface area contributed by atoms with Gasteiger partial charge in [0.2, 0.25) is 5.91 Å². The minimum absolute atomic E-state index is 0.136. The van der Waals surface area contributed by atoms with E-state index in [2.05, 4.69) is 5.32 Å². The van der Waals surface area contributed by atoms with Crippen LogP contribution in [-0.2, 0) is 33.3 Å². The average molecular weight is 685 g/mol. The molecule has 0 spiro atoms. The van der Waals surface area contributed by atoms with E-state index < -0.39 is 29.0 Å². The fourth-order valence-corrected chi connectivity index (χ4v) is 7.61. The molecule has 4 aromatic rings. The molecular weight excluding hydrogens is 639 g/mol. The van der Waals surface area contributed by atoms with Crippen molar-refractivity contribution in [2.24, 2.45) is 7.05 Å². The zero-order chi connectivity index (χ0) is 36.1. The van der Waals surface area contributed by atoms with Crippen LogP contribution in [0.3, 0.4) is 0 Å². The Morgan fingerprint density at radius 3 is 2.40 bits per heavy atom. The van der Waals surface area contributed by atoms with Crippen molar-refractivity contribution in [2.45, 2.75) is 84.5 Å². The molecule has 0 saturated carbocycles. The number of carboxylic acids is 1. The molecule has 2 N–H and O–H groups in total. The molecule has 0 radical (unpaired) electrons. The maximum Gasteiger partial charge on any atom is 0.337 e. The Morgan fingerprint density at radius 1 is 1.10 bits per heavy atom. The van der Waals surface area contributed by atoms with Crippen LogP contribution in [0.15, 0.2) is 42.5 Å². The molecule has 2 aromatic heterocycles. The van der Waals surface area contributed by atoms with Crippen molar-refractivity contribution in [1.29, 1.82) is 0 Å². The van der Waals surface area contributed by atoms with Gasteiger partial charge in [0.15, 0.2) is 17.7 Å². The first kappa shape index (κ1) is 35.1. The highest BCUT2D eigenvalue weighted by Gasteiger charge is 2.40. The van der Waals surface area contributed by atoms with Gasteiger partial charge in [0.1, 0.15) is 11.3 Å². The van der Waals surface area contributed by atoms with Crippen molar-refractivity contribution in [3.8, 4) is 16.9 Å². The van der Waals surface area contributed by atoms with E-state index in [9.17, 15) is 19.5 Å². The molecule has 0 bridgehead atoms. The Kier molecular flexibility index (Phi) is 9.24. The summed E-state index contributed by atoms with van der Waals surface area (Å²) in [5, 5.41) is 14.2. The van der Waals surface area contributed by atoms with Gasteiger partial charge in [0.25, 0.3) is 5.91 Å². The van der Waals surface area contributed by atoms with Crippen molar-refractivity contribution < 1.29 is 33.4 Å². The predicted molar refractivity (Wildman–Crippen MR) is 188 cm³/mol. The summed E-state index contributed by atoms with van der Waals surface area (Å²) in [6.07, 6.45) is 0.981. The van der Waals surface area contributed by atoms with Crippen molar-refractivity contribution in [2.75, 3.05) is 19.7 Å². The van der Waals surface area contributed by atoms with Gasteiger partial charge in [0, 0.05) is 54.8 Å². The molecular formula is C39H45FN4O6. The topological polar surface area (TPSA) is 123 Å². The van der Waals surface area contributed by atoms with Crippen LogP contribution >= 0.6 is 0 Å². The van der Waals surface area contributed by atoms with Crippen molar-refractivity contribution in [3.05, 3.63) is 81.9 Å². The lowest BCUT2D eigenvalue weighted by Crippen LogP contribution is -2.53. The van der Waals surface area contributed by atoms with Gasteiger partial charge in [-0.05, 0) is 89.1 Å². The monoisotopic (exact) mass is 684 g/mol. The normalized spacial score (nSPS) is 16.4. The van der Waals surface area contributed by atoms with Gasteiger partial charge in [-0.3, -0.25) is 9.59 Å². The molecule has 11 heteroatoms. The van der Waals surface area contributed by atoms with Crippen LogP contribution in [0.1, 0.15) is 91.5 Å². The SMILES string of the molecule is CC(=O)NC1(c2ccccc2)CCN(C(=O)c2cc3c(-c4cc(F)c5c(c4C)CCCO5)c([C@H](OC(C)(C)C)C(=O)O)c(C)nc3n2C)CC1. The summed E-state index contributed by atoms with van der Waals surface area (Å²) in [5.74, 6) is -1.86. The van der Waals surface area contributed by atoms with Gasteiger partial charge >= 0.3 is 5.97 Å². The maximum atomic E-state index is 15.8. The molecule has 2 aliphatic rings. The highest BCUT2D eigenvalue weighted by atomic mass is 19.1. The molecule has 2 amide bonds. The van der Waals surface area contributed by atoms with Crippen LogP contribution in [0.5, 0.6) is 5.75 Å². The van der Waals surface area contributed by atoms with E-state index in [1.54, 1.807) is 50.3 Å². The van der Waals surface area contributed by atoms with E-state index in [0.29, 0.717) is 78.1 Å². The maximum absolute atomic E-state index is 15.8. The molecule has 10 nitrogen and oxygen atoms in total. The highest BCUT2D eigenvalue weighted by molar-refractivity contribution is 6.05. The first-order valence-electron chi connectivity index (χ1n) is 17.1. The van der Waals surface area contributed by atoms with E-state index in [4.69, 9.17) is 14.5 Å². The molecule has 1 atom stereocenters. The van der Waals surface area contributed by atoms with E-state index in [0.717, 1.165) is 23.1 Å². The number of likely N-dealkylation sites (tertiary alicyclic amines) is 1. The Morgan fingerprint density at radius 2 is 1.78 bits per heavy atom. The number of ether oxygens (including phenoxy) is 2. The summed E-state index contributed by atoms with van der Waals surface area (Å²) in [6, 6.07) is 12.9. The van der Waals surface area contributed by atoms with Crippen LogP contribution in [0.2, 0.25) is 0 Å². The van der Waals surface area contributed by atoms with Gasteiger partial charge in [-0.25, -0.2) is 14.2 Å². The number of benzene rings is 2. The first-order valence-corrected chi connectivity index (χ1v) is 17.1. The van der Waals surface area contributed by atoms with Crippen molar-refractivity contribution in [3.63, 3.8) is 0 Å². The molecule has 2 aromatic carbocycles. The number of halogens is 1. The Balaban J connectivity index is 1.49. The summed E-state index contributed by atoms with van der Waals surface area (Å²) >= 11 is 0. The largest absolute Gasteiger partial charge is 0.490 e. The molecule has 2 aliphatic heterocycles. The van der Waals surface area contributed by atoms with E-state index in [1.165, 1.54) is 13.0 Å². The summed E-state index contributed by atoms with van der Waals surface area (Å²) in [5.41, 5.74) is 3.59. The lowest BCUT2D eigenvalue weighted by atomic mass is 9.80. The van der Waals surface area contributed by atoms with Crippen molar-refractivity contribution in [1.82, 2.24) is 19.8 Å². The minimum Gasteiger partial charge on any atom is -0.490 e. The number of hydrogen-bond donors (Lipinski definition) is 2. The summed E-state index contributed by atoms with van der Waals surface area (Å²) in [6.45, 7) is 11.7. The zero-order valence-electron chi connectivity index (χ0n) is 29.8. The Bertz CT molecular complexity index is 1990. The molecule has 1 fully saturated rings. The van der Waals surface area contributed by atoms with Crippen LogP contribution in [0, 0.1) is 19.7 Å². The number of fused-ring (bicyclic) bond motifs is 2. The zero-order valence-corrected chi connectivity index (χ0v) is 29.8. The molecule has 6 rings (SSSR count). The Hall–Kier alpha value is -4.77. The number of carbonyl (C=O) groups is 3. The number of carbonyl (C=O) groups excluding carboxylic acids is 2. The number of aromatic nitrogens is 2. The van der Waals surface area contributed by atoms with E-state index in [-0.39, 0.29) is 17.6 Å². The smallest absolute Gasteiger partial charge is 0.337 e. The molecule has 4 heterocycles. The second-order valence-corrected chi connectivity index (χ2v) is 14.5. The van der Waals surface area contributed by atoms with Crippen LogP contribution in [0.4, 0.5) is 4.39 Å². The van der Waals surface area contributed by atoms with Crippen LogP contribution in [0.25, 0.3) is 22.2 Å². The number of amides is 2. The van der Waals surface area contributed by atoms with Crippen molar-refractivity contribution >= 4 is 28.8 Å². The standard InChI is InChI=1S/C39H45FN4O6/c1-22-26-14-11-19-49-33(26)29(40)20-27(22)32-28-21-30(43(7)35(28)41-23(2)31(32)34(37(47)48)50-38(4,5)6)36(46)44-17-15-39(16-18-44,42-24(3)45)25-12-9-8-10-13-25/h8-10,12-13,20-21,34H,11,14-19H2,1-7H3,(H,42,45)(H,47,48)/t34-/m0/s1. The number of rotatable bonds is 7. The molecule has 1 saturated heterocycles. The number of nitrogens with zero attached hydrogens (tertiary/aromatic N) is 3. The minimum atomic E-state index is -1.42. The lowest BCUT2D eigenvalue weighted by molar-refractivity contribution is -0.160. The molecule has 264 valence electrons. The van der Waals surface area contributed by atoms with Crippen LogP contribution in [-0.4, -0.2) is 62.6 Å². The fourth-order valence-electron chi connectivity index (χ4n) is 7.61. The van der Waals surface area contributed by atoms with Gasteiger partial charge < -0.3 is 29.4 Å². The lowest BCUT2D eigenvalue weighted by Gasteiger charge is -2.42. The number of hydrogen-bond acceptors (Lipinski definition) is 6. The number of pyridine rings is 1. The van der Waals surface area contributed by atoms with Gasteiger partial charge in [0.05, 0.1) is 17.7 Å². The quantitative estimate of drug-likeness (QED) is 0.227. The molecule has 0 aliphatic carbocycles. The number of aliphatic carboxylic acids is 1. The fraction of sp³-hybridized carbons (Fsp3) is 0.436. The number of aryl methyl sites for hydroxylation is 2. The third-order valence-corrected chi connectivity index (χ3v) is 9.93. The second-order valence-electron chi connectivity index (χ2n) is 14.5. The van der Waals surface area contributed by atoms with Gasteiger partial charge in [-0.15, -0.1) is 0 Å². The van der Waals surface area contributed by atoms with Gasteiger partial charge in [-0.1, -0.05) is 30.3 Å². The third kappa shape index (κ3) is 6.34. The van der Waals surface area contributed by atoms with E-state index in [1.807, 2.05) is 37.3 Å². The summed E-state index contributed by atoms with van der Waals surface area (Å²) in [7, 11) is 1.76. The third-order valence-electron chi connectivity index (χ3n) is 9.93. The summed E-state index contributed by atoms with van der Waals surface area (Å²) < 4.78 is 29.4. The van der Waals surface area contributed by atoms with E-state index >= 15 is 4.39 Å².